The smallest absolute Gasteiger partial charge is 0.240 e. The third kappa shape index (κ3) is 3.66. The molecular weight excluding hydrogens is 344 g/mol. The number of rotatable bonds is 7. The van der Waals surface area contributed by atoms with Crippen LogP contribution in [0.15, 0.2) is 0 Å². The van der Waals surface area contributed by atoms with E-state index in [1.807, 2.05) is 0 Å². The highest BCUT2D eigenvalue weighted by Crippen LogP contribution is 2.61. The van der Waals surface area contributed by atoms with Crippen LogP contribution in [0.2, 0.25) is 0 Å². The maximum Gasteiger partial charge on any atom is 0.240 e. The highest BCUT2D eigenvalue weighted by Gasteiger charge is 2.57. The first-order valence-corrected chi connectivity index (χ1v) is 10.7. The average molecular weight is 383 g/mol. The number of hydrogen-bond acceptors (Lipinski definition) is 5. The summed E-state index contributed by atoms with van der Waals surface area (Å²) in [6.07, 6.45) is 2.96. The molecule has 1 amide bonds. The Labute approximate surface area is 163 Å². The Hall–Kier alpha value is -0.690. The highest BCUT2D eigenvalue weighted by atomic mass is 16.7. The van der Waals surface area contributed by atoms with E-state index < -0.39 is 24.2 Å². The van der Waals surface area contributed by atoms with Crippen molar-refractivity contribution in [2.75, 3.05) is 13.2 Å². The topological polar surface area (TPSA) is 82.0 Å². The molecule has 4 aliphatic rings. The Morgan fingerprint density at radius 1 is 1.37 bits per heavy atom. The number of amides is 1. The zero-order chi connectivity index (χ0) is 19.9. The van der Waals surface area contributed by atoms with Gasteiger partial charge >= 0.3 is 0 Å². The second-order valence-corrected chi connectivity index (χ2v) is 9.65. The van der Waals surface area contributed by atoms with Crippen molar-refractivity contribution >= 4 is 5.91 Å². The number of hydrogen-bond donors (Lipinski definition) is 3. The van der Waals surface area contributed by atoms with Crippen LogP contribution in [-0.4, -0.2) is 58.6 Å². The second kappa shape index (κ2) is 7.97. The fourth-order valence-corrected chi connectivity index (χ4v) is 5.85. The minimum Gasteiger partial charge on any atom is -0.394 e. The lowest BCUT2D eigenvalue weighted by molar-refractivity contribution is -0.178. The molecule has 2 bridgehead atoms. The summed E-state index contributed by atoms with van der Waals surface area (Å²) in [4.78, 5) is 19.1. The first-order valence-electron chi connectivity index (χ1n) is 10.7. The molecule has 6 heteroatoms. The van der Waals surface area contributed by atoms with Gasteiger partial charge in [-0.05, 0) is 49.4 Å². The van der Waals surface area contributed by atoms with Crippen molar-refractivity contribution in [3.8, 4) is 0 Å². The van der Waals surface area contributed by atoms with E-state index in [1.54, 1.807) is 12.0 Å². The van der Waals surface area contributed by atoms with Crippen molar-refractivity contribution in [3.05, 3.63) is 0 Å². The summed E-state index contributed by atoms with van der Waals surface area (Å²) >= 11 is 0. The molecule has 156 valence electrons. The van der Waals surface area contributed by atoms with Crippen molar-refractivity contribution in [1.29, 1.82) is 0 Å². The van der Waals surface area contributed by atoms with E-state index in [0.717, 1.165) is 19.3 Å². The molecule has 3 N–H and O–H groups in total. The van der Waals surface area contributed by atoms with Crippen LogP contribution in [0, 0.1) is 29.1 Å². The summed E-state index contributed by atoms with van der Waals surface area (Å²) in [6.45, 7) is 11.2. The summed E-state index contributed by atoms with van der Waals surface area (Å²) in [7, 11) is 0. The van der Waals surface area contributed by atoms with Gasteiger partial charge in [0.25, 0.3) is 0 Å². The normalized spacial score (nSPS) is 41.8. The van der Waals surface area contributed by atoms with Crippen molar-refractivity contribution in [1.82, 2.24) is 10.4 Å². The van der Waals surface area contributed by atoms with Crippen molar-refractivity contribution in [3.63, 3.8) is 0 Å². The van der Waals surface area contributed by atoms with Gasteiger partial charge in [-0.25, -0.2) is 0 Å². The van der Waals surface area contributed by atoms with Crippen LogP contribution in [0.3, 0.4) is 0 Å². The van der Waals surface area contributed by atoms with Gasteiger partial charge in [0.05, 0.1) is 12.7 Å². The molecule has 4 fully saturated rings. The number of fused-ring (bicyclic) bond motifs is 2. The fraction of sp³-hybridized carbons (Fsp3) is 0.952. The molecule has 1 saturated heterocycles. The predicted molar refractivity (Wildman–Crippen MR) is 104 cm³/mol. The van der Waals surface area contributed by atoms with Gasteiger partial charge in [0.2, 0.25) is 5.91 Å². The third-order valence-corrected chi connectivity index (χ3v) is 7.79. The maximum absolute atomic E-state index is 13.3. The van der Waals surface area contributed by atoms with E-state index in [-0.39, 0.29) is 18.6 Å². The monoisotopic (exact) mass is 382 g/mol. The molecule has 0 aromatic carbocycles. The maximum atomic E-state index is 13.3. The summed E-state index contributed by atoms with van der Waals surface area (Å²) in [5, 5.41) is 25.0. The van der Waals surface area contributed by atoms with Gasteiger partial charge in [-0.2, -0.15) is 5.06 Å². The van der Waals surface area contributed by atoms with Gasteiger partial charge in [-0.15, -0.1) is 0 Å². The molecule has 0 unspecified atom stereocenters. The van der Waals surface area contributed by atoms with E-state index in [9.17, 15) is 15.0 Å². The van der Waals surface area contributed by atoms with Gasteiger partial charge in [-0.1, -0.05) is 34.1 Å². The lowest BCUT2D eigenvalue weighted by Gasteiger charge is -2.62. The van der Waals surface area contributed by atoms with Crippen LogP contribution in [0.1, 0.15) is 60.3 Å². The fourth-order valence-electron chi connectivity index (χ4n) is 5.85. The molecule has 3 saturated carbocycles. The number of carbonyl (C=O) groups is 1. The molecule has 1 aliphatic heterocycles. The Balaban J connectivity index is 1.72. The van der Waals surface area contributed by atoms with E-state index in [0.29, 0.717) is 29.7 Å². The third-order valence-electron chi connectivity index (χ3n) is 7.79. The molecule has 3 aliphatic carbocycles. The van der Waals surface area contributed by atoms with Crippen LogP contribution in [0.5, 0.6) is 0 Å². The van der Waals surface area contributed by atoms with E-state index >= 15 is 0 Å². The molecule has 8 atom stereocenters. The quantitative estimate of drug-likeness (QED) is 0.627. The van der Waals surface area contributed by atoms with Gasteiger partial charge < -0.3 is 15.5 Å². The molecule has 0 spiro atoms. The molecule has 1 heterocycles. The van der Waals surface area contributed by atoms with Gasteiger partial charge in [0.1, 0.15) is 12.1 Å². The van der Waals surface area contributed by atoms with Gasteiger partial charge in [0.15, 0.2) is 0 Å². The number of carbonyl (C=O) groups excluding carboxylic acids is 1. The van der Waals surface area contributed by atoms with E-state index in [4.69, 9.17) is 4.84 Å². The largest absolute Gasteiger partial charge is 0.394 e. The Morgan fingerprint density at radius 3 is 2.59 bits per heavy atom. The number of aliphatic hydroxyl groups excluding tert-OH is 2. The Morgan fingerprint density at radius 2 is 2.07 bits per heavy atom. The second-order valence-electron chi connectivity index (χ2n) is 9.65. The minimum absolute atomic E-state index is 0.0658. The zero-order valence-corrected chi connectivity index (χ0v) is 17.5. The predicted octanol–water partition coefficient (Wildman–Crippen LogP) is 1.95. The average Bonchev–Trinajstić information content (AvgIpc) is 2.99. The van der Waals surface area contributed by atoms with Crippen LogP contribution >= 0.6 is 0 Å². The number of aliphatic hydroxyl groups is 2. The molecule has 4 rings (SSSR count). The Bertz CT molecular complexity index is 538. The number of nitrogens with zero attached hydrogens (tertiary/aromatic N) is 1. The van der Waals surface area contributed by atoms with E-state index in [1.165, 1.54) is 6.42 Å². The van der Waals surface area contributed by atoms with Gasteiger partial charge in [0, 0.05) is 18.5 Å². The summed E-state index contributed by atoms with van der Waals surface area (Å²) in [5.41, 5.74) is 0.383. The molecule has 0 aromatic heterocycles. The molecule has 6 nitrogen and oxygen atoms in total. The molecule has 0 aromatic rings. The molecule has 0 radical (unpaired) electrons. The van der Waals surface area contributed by atoms with E-state index in [2.05, 4.69) is 33.0 Å². The molecular formula is C21H38N2O4. The summed E-state index contributed by atoms with van der Waals surface area (Å²) in [5.74, 6) is 1.31. The number of nitrogens with one attached hydrogen (secondary N) is 1. The van der Waals surface area contributed by atoms with Crippen LogP contribution in [0.25, 0.3) is 0 Å². The molecule has 27 heavy (non-hydrogen) atoms. The van der Waals surface area contributed by atoms with Crippen molar-refractivity contribution < 1.29 is 19.8 Å². The Kier molecular flexibility index (Phi) is 6.21. The van der Waals surface area contributed by atoms with Crippen LogP contribution < -0.4 is 5.32 Å². The standard InChI is InChI=1S/C21H38N2O4/c1-6-7-8-23-19(18(13(3)25)17(11-24)27-23)20(26)22-16-10-14-9-15(12(16)2)21(14,4)5/h12-19,24-25H,6-11H2,1-5H3,(H,22,26)/t12-,13-,14+,15-,16-,17-,18+,19-/m0/s1. The lowest BCUT2D eigenvalue weighted by Crippen LogP contribution is -2.62. The minimum atomic E-state index is -0.722. The van der Waals surface area contributed by atoms with Crippen molar-refractivity contribution in [2.45, 2.75) is 84.6 Å². The number of hydroxylamine groups is 2. The number of unbranched alkanes of at least 4 members (excludes halogenated alkanes) is 1. The van der Waals surface area contributed by atoms with Crippen molar-refractivity contribution in [2.24, 2.45) is 29.1 Å². The first kappa shape index (κ1) is 21.0. The SMILES string of the molecule is CCCCN1O[C@@H](CO)[C@@H]([C@H](C)O)[C@H]1C(=O)N[C@H]1C[C@H]2C[C@@H]([C@@H]1C)C2(C)C. The zero-order valence-electron chi connectivity index (χ0n) is 17.5. The highest BCUT2D eigenvalue weighted by molar-refractivity contribution is 5.82. The summed E-state index contributed by atoms with van der Waals surface area (Å²) in [6, 6.07) is -0.364. The summed E-state index contributed by atoms with van der Waals surface area (Å²) < 4.78 is 0. The van der Waals surface area contributed by atoms with Crippen LogP contribution in [0.4, 0.5) is 0 Å². The van der Waals surface area contributed by atoms with Crippen LogP contribution in [-0.2, 0) is 9.63 Å². The van der Waals surface area contributed by atoms with Gasteiger partial charge in [-0.3, -0.25) is 9.63 Å². The lowest BCUT2D eigenvalue weighted by atomic mass is 9.45. The first-order chi connectivity index (χ1) is 12.7.